The molecule has 1 atom stereocenters. The van der Waals surface area contributed by atoms with Crippen molar-refractivity contribution in [2.75, 3.05) is 21.3 Å². The maximum Gasteiger partial charge on any atom is 0.378 e. The molecule has 0 radical (unpaired) electrons. The molecule has 0 aliphatic carbocycles. The van der Waals surface area contributed by atoms with Gasteiger partial charge >= 0.3 is 19.0 Å². The Kier molecular flexibility index (Phi) is 5.11. The van der Waals surface area contributed by atoms with E-state index in [1.54, 1.807) is 0 Å². The van der Waals surface area contributed by atoms with Gasteiger partial charge in [-0.3, -0.25) is 9.13 Å². The fourth-order valence-electron chi connectivity index (χ4n) is 0.559. The van der Waals surface area contributed by atoms with E-state index in [0.717, 1.165) is 21.3 Å². The lowest BCUT2D eigenvalue weighted by Crippen LogP contribution is -2.17. The second kappa shape index (κ2) is 4.81. The van der Waals surface area contributed by atoms with Crippen LogP contribution in [0.1, 0.15) is 0 Å². The third-order valence-corrected chi connectivity index (χ3v) is 8.21. The summed E-state index contributed by atoms with van der Waals surface area (Å²) in [4.78, 5) is 9.19. The molecule has 0 spiro atoms. The standard InChI is InChI=1S/C4H10Cl2O6P2/c1-10-13(7,8)4(5,6)14(9,11-2)12-3/h1-3H3,(H,7,8). The van der Waals surface area contributed by atoms with Gasteiger partial charge in [0.1, 0.15) is 0 Å². The van der Waals surface area contributed by atoms with Gasteiger partial charge in [0, 0.05) is 21.3 Å². The van der Waals surface area contributed by atoms with Crippen molar-refractivity contribution >= 4 is 38.4 Å². The molecular formula is C4H10Cl2O6P2. The summed E-state index contributed by atoms with van der Waals surface area (Å²) in [5.74, 6) is 0. The first kappa shape index (κ1) is 14.9. The first-order valence-electron chi connectivity index (χ1n) is 3.16. The van der Waals surface area contributed by atoms with Crippen molar-refractivity contribution in [1.82, 2.24) is 0 Å². The second-order valence-corrected chi connectivity index (χ2v) is 9.28. The van der Waals surface area contributed by atoms with Crippen LogP contribution in [0.25, 0.3) is 0 Å². The zero-order valence-electron chi connectivity index (χ0n) is 7.64. The van der Waals surface area contributed by atoms with Crippen molar-refractivity contribution in [3.05, 3.63) is 0 Å². The summed E-state index contributed by atoms with van der Waals surface area (Å²) in [5, 5.41) is 0. The first-order chi connectivity index (χ1) is 6.18. The fourth-order valence-corrected chi connectivity index (χ4v) is 4.58. The van der Waals surface area contributed by atoms with Crippen molar-refractivity contribution in [3.8, 4) is 0 Å². The lowest BCUT2D eigenvalue weighted by Gasteiger charge is -2.28. The van der Waals surface area contributed by atoms with Crippen LogP contribution in [0.5, 0.6) is 0 Å². The van der Waals surface area contributed by atoms with Gasteiger partial charge in [0.05, 0.1) is 0 Å². The molecule has 0 saturated carbocycles. The molecule has 0 aliphatic rings. The minimum atomic E-state index is -4.51. The third kappa shape index (κ3) is 2.34. The van der Waals surface area contributed by atoms with Crippen LogP contribution in [-0.4, -0.2) is 30.0 Å². The predicted octanol–water partition coefficient (Wildman–Crippen LogP) is 2.39. The normalized spacial score (nSPS) is 17.9. The molecule has 14 heavy (non-hydrogen) atoms. The Morgan fingerprint density at radius 3 is 1.64 bits per heavy atom. The van der Waals surface area contributed by atoms with Crippen LogP contribution in [0.3, 0.4) is 0 Å². The third-order valence-electron chi connectivity index (χ3n) is 1.40. The predicted molar refractivity (Wildman–Crippen MR) is 52.9 cm³/mol. The van der Waals surface area contributed by atoms with Gasteiger partial charge in [0.25, 0.3) is 0 Å². The molecule has 0 bridgehead atoms. The van der Waals surface area contributed by atoms with Crippen molar-refractivity contribution in [2.45, 2.75) is 3.82 Å². The topological polar surface area (TPSA) is 82.1 Å². The van der Waals surface area contributed by atoms with Gasteiger partial charge in [0.15, 0.2) is 0 Å². The molecule has 0 heterocycles. The van der Waals surface area contributed by atoms with E-state index in [0.29, 0.717) is 0 Å². The molecule has 6 nitrogen and oxygen atoms in total. The van der Waals surface area contributed by atoms with Crippen LogP contribution in [0.2, 0.25) is 0 Å². The maximum atomic E-state index is 11.7. The Bertz CT molecular complexity index is 284. The zero-order valence-corrected chi connectivity index (χ0v) is 10.9. The summed E-state index contributed by atoms with van der Waals surface area (Å²) in [5.41, 5.74) is 0. The Morgan fingerprint density at radius 1 is 1.07 bits per heavy atom. The van der Waals surface area contributed by atoms with Crippen LogP contribution in [0.4, 0.5) is 0 Å². The van der Waals surface area contributed by atoms with E-state index >= 15 is 0 Å². The smallest absolute Gasteiger partial charge is 0.322 e. The van der Waals surface area contributed by atoms with Gasteiger partial charge in [-0.15, -0.1) is 0 Å². The molecule has 0 fully saturated rings. The number of rotatable bonds is 5. The molecular weight excluding hydrogens is 277 g/mol. The number of alkyl halides is 2. The van der Waals surface area contributed by atoms with Gasteiger partial charge in [0.2, 0.25) is 0 Å². The minimum Gasteiger partial charge on any atom is -0.322 e. The summed E-state index contributed by atoms with van der Waals surface area (Å²) in [6.07, 6.45) is 0. The molecule has 0 rings (SSSR count). The lowest BCUT2D eigenvalue weighted by atomic mass is 11.8. The van der Waals surface area contributed by atoms with Crippen molar-refractivity contribution < 1.29 is 27.6 Å². The summed E-state index contributed by atoms with van der Waals surface area (Å²) < 4.78 is 33.3. The van der Waals surface area contributed by atoms with Crippen LogP contribution in [0, 0.1) is 0 Å². The monoisotopic (exact) mass is 286 g/mol. The van der Waals surface area contributed by atoms with Crippen molar-refractivity contribution in [3.63, 3.8) is 0 Å². The van der Waals surface area contributed by atoms with E-state index in [2.05, 4.69) is 13.6 Å². The molecule has 0 aromatic rings. The molecule has 0 aromatic heterocycles. The van der Waals surface area contributed by atoms with E-state index in [9.17, 15) is 14.0 Å². The minimum absolute atomic E-state index is 0.899. The highest BCUT2D eigenvalue weighted by molar-refractivity contribution is 7.79. The van der Waals surface area contributed by atoms with Crippen LogP contribution in [0.15, 0.2) is 0 Å². The molecule has 0 saturated heterocycles. The second-order valence-electron chi connectivity index (χ2n) is 2.08. The Hall–Kier alpha value is 0.880. The number of hydrogen-bond acceptors (Lipinski definition) is 5. The largest absolute Gasteiger partial charge is 0.378 e. The summed E-state index contributed by atoms with van der Waals surface area (Å²) in [7, 11) is -5.77. The van der Waals surface area contributed by atoms with Crippen LogP contribution >= 0.6 is 38.4 Å². The van der Waals surface area contributed by atoms with E-state index in [1.807, 2.05) is 0 Å². The molecule has 1 unspecified atom stereocenters. The number of hydrogen-bond donors (Lipinski definition) is 1. The number of halogens is 2. The molecule has 0 aliphatic heterocycles. The van der Waals surface area contributed by atoms with Crippen molar-refractivity contribution in [1.29, 1.82) is 0 Å². The van der Waals surface area contributed by atoms with Gasteiger partial charge in [-0.2, -0.15) is 0 Å². The van der Waals surface area contributed by atoms with Crippen LogP contribution in [-0.2, 0) is 22.7 Å². The highest BCUT2D eigenvalue weighted by Crippen LogP contribution is 2.79. The van der Waals surface area contributed by atoms with Gasteiger partial charge < -0.3 is 18.5 Å². The Labute approximate surface area is 91.5 Å². The summed E-state index contributed by atoms with van der Waals surface area (Å²) in [6.45, 7) is 0. The molecule has 10 heteroatoms. The average Bonchev–Trinajstić information content (AvgIpc) is 2.15. The molecule has 86 valence electrons. The Balaban J connectivity index is 5.34. The quantitative estimate of drug-likeness (QED) is 0.617. The van der Waals surface area contributed by atoms with Gasteiger partial charge in [-0.05, 0) is 0 Å². The SMILES string of the molecule is COP(=O)(O)C(Cl)(Cl)P(=O)(OC)OC. The van der Waals surface area contributed by atoms with Gasteiger partial charge in [-0.25, -0.2) is 0 Å². The first-order valence-corrected chi connectivity index (χ1v) is 7.04. The Morgan fingerprint density at radius 2 is 1.43 bits per heavy atom. The summed E-state index contributed by atoms with van der Waals surface area (Å²) in [6, 6.07) is 0. The van der Waals surface area contributed by atoms with E-state index in [1.165, 1.54) is 0 Å². The highest BCUT2D eigenvalue weighted by Gasteiger charge is 2.62. The van der Waals surface area contributed by atoms with Crippen LogP contribution < -0.4 is 0 Å². The zero-order chi connectivity index (χ0) is 11.6. The van der Waals surface area contributed by atoms with E-state index < -0.39 is 19.0 Å². The van der Waals surface area contributed by atoms with E-state index in [4.69, 9.17) is 23.2 Å². The fraction of sp³-hybridized carbons (Fsp3) is 1.00. The highest BCUT2D eigenvalue weighted by atomic mass is 35.5. The molecule has 0 amide bonds. The lowest BCUT2D eigenvalue weighted by molar-refractivity contribution is 0.264. The van der Waals surface area contributed by atoms with Crippen molar-refractivity contribution in [2.24, 2.45) is 0 Å². The summed E-state index contributed by atoms with van der Waals surface area (Å²) >= 11 is 10.9. The average molecular weight is 287 g/mol. The maximum absolute atomic E-state index is 11.7. The van der Waals surface area contributed by atoms with Gasteiger partial charge in [-0.1, -0.05) is 23.2 Å². The molecule has 0 aromatic carbocycles. The molecule has 1 N–H and O–H groups in total. The van der Waals surface area contributed by atoms with E-state index in [-0.39, 0.29) is 0 Å².